The number of carbonyl (C=O) groups excluding carboxylic acids is 3. The molecule has 1 heterocycles. The number of primary amides is 1. The van der Waals surface area contributed by atoms with Crippen LogP contribution < -0.4 is 16.8 Å². The van der Waals surface area contributed by atoms with Crippen LogP contribution >= 0.6 is 11.5 Å². The van der Waals surface area contributed by atoms with Gasteiger partial charge in [0.15, 0.2) is 5.69 Å². The first kappa shape index (κ1) is 23.7. The Bertz CT molecular complexity index is 940. The summed E-state index contributed by atoms with van der Waals surface area (Å²) >= 11 is 0.839. The maximum atomic E-state index is 13.6. The van der Waals surface area contributed by atoms with Crippen LogP contribution in [-0.2, 0) is 11.3 Å². The number of rotatable bonds is 10. The van der Waals surface area contributed by atoms with Crippen molar-refractivity contribution in [2.75, 3.05) is 5.73 Å². The molecule has 3 amide bonds. The highest BCUT2D eigenvalue weighted by atomic mass is 32.1. The number of unbranched alkanes of at least 4 members (excludes halogenated alkanes) is 1. The summed E-state index contributed by atoms with van der Waals surface area (Å²) in [4.78, 5) is 40.3. The summed E-state index contributed by atoms with van der Waals surface area (Å²) in [5, 5.41) is 3.15. The largest absolute Gasteiger partial charge is 0.395 e. The fraction of sp³-hybridized carbons (Fsp3) is 0.478. The van der Waals surface area contributed by atoms with Crippen LogP contribution in [0.5, 0.6) is 0 Å². The fourth-order valence-electron chi connectivity index (χ4n) is 4.06. The molecule has 1 fully saturated rings. The Labute approximate surface area is 192 Å². The highest BCUT2D eigenvalue weighted by Gasteiger charge is 2.34. The predicted molar refractivity (Wildman–Crippen MR) is 125 cm³/mol. The first-order chi connectivity index (χ1) is 15.4. The van der Waals surface area contributed by atoms with E-state index in [4.69, 9.17) is 11.5 Å². The number of hydrogen-bond acceptors (Lipinski definition) is 6. The molecule has 0 radical (unpaired) electrons. The van der Waals surface area contributed by atoms with Gasteiger partial charge in [-0.15, -0.1) is 0 Å². The van der Waals surface area contributed by atoms with E-state index in [0.29, 0.717) is 6.42 Å². The van der Waals surface area contributed by atoms with Gasteiger partial charge in [-0.2, -0.15) is 4.37 Å². The first-order valence-corrected chi connectivity index (χ1v) is 11.9. The van der Waals surface area contributed by atoms with E-state index in [1.165, 1.54) is 0 Å². The molecule has 0 saturated heterocycles. The molecular formula is C23H31N5O3S. The van der Waals surface area contributed by atoms with Crippen molar-refractivity contribution in [2.45, 2.75) is 70.5 Å². The maximum Gasteiger partial charge on any atom is 0.270 e. The zero-order chi connectivity index (χ0) is 23.1. The first-order valence-electron chi connectivity index (χ1n) is 11.1. The topological polar surface area (TPSA) is 131 Å². The Morgan fingerprint density at radius 3 is 2.50 bits per heavy atom. The van der Waals surface area contributed by atoms with Crippen molar-refractivity contribution in [3.05, 3.63) is 46.5 Å². The Morgan fingerprint density at radius 2 is 1.91 bits per heavy atom. The van der Waals surface area contributed by atoms with Gasteiger partial charge in [0.05, 0.1) is 5.69 Å². The standard InChI is InChI=1S/C23H31N5O3S/c1-2-3-13-17(22(30)26-16-11-7-8-12-16)28(14-15-9-5-4-6-10-15)23(31)20-18(24)19(21(25)29)27-32-20/h4-6,9-10,16-17H,2-3,7-8,11-14,24H2,1H3,(H2,25,29)(H,26,30)/t17-/m0/s1. The summed E-state index contributed by atoms with van der Waals surface area (Å²) in [5.74, 6) is -1.35. The molecule has 0 unspecified atom stereocenters. The Kier molecular flexibility index (Phi) is 8.21. The number of nitrogens with one attached hydrogen (secondary N) is 1. The number of anilines is 1. The molecule has 1 atom stereocenters. The van der Waals surface area contributed by atoms with E-state index < -0.39 is 17.9 Å². The van der Waals surface area contributed by atoms with E-state index in [1.54, 1.807) is 4.90 Å². The number of amides is 3. The molecule has 32 heavy (non-hydrogen) atoms. The van der Waals surface area contributed by atoms with Crippen LogP contribution in [0.4, 0.5) is 5.69 Å². The summed E-state index contributed by atoms with van der Waals surface area (Å²) in [7, 11) is 0. The lowest BCUT2D eigenvalue weighted by molar-refractivity contribution is -0.126. The van der Waals surface area contributed by atoms with Crippen LogP contribution in [0, 0.1) is 0 Å². The third-order valence-corrected chi connectivity index (χ3v) is 6.67. The molecule has 3 rings (SSSR count). The molecule has 0 aliphatic heterocycles. The summed E-state index contributed by atoms with van der Waals surface area (Å²) in [6.07, 6.45) is 6.36. The monoisotopic (exact) mass is 457 g/mol. The fourth-order valence-corrected chi connectivity index (χ4v) is 4.82. The molecule has 172 valence electrons. The van der Waals surface area contributed by atoms with Crippen LogP contribution in [0.2, 0.25) is 0 Å². The average molecular weight is 458 g/mol. The molecule has 5 N–H and O–H groups in total. The summed E-state index contributed by atoms with van der Waals surface area (Å²) in [6, 6.07) is 9.01. The van der Waals surface area contributed by atoms with Gasteiger partial charge in [-0.1, -0.05) is 62.9 Å². The van der Waals surface area contributed by atoms with Gasteiger partial charge in [0, 0.05) is 12.6 Å². The van der Waals surface area contributed by atoms with Gasteiger partial charge in [0.25, 0.3) is 11.8 Å². The third-order valence-electron chi connectivity index (χ3n) is 5.82. The number of aromatic nitrogens is 1. The number of carbonyl (C=O) groups is 3. The highest BCUT2D eigenvalue weighted by Crippen LogP contribution is 2.27. The lowest BCUT2D eigenvalue weighted by Crippen LogP contribution is -2.51. The summed E-state index contributed by atoms with van der Waals surface area (Å²) < 4.78 is 3.97. The quantitative estimate of drug-likeness (QED) is 0.504. The summed E-state index contributed by atoms with van der Waals surface area (Å²) in [6.45, 7) is 2.30. The van der Waals surface area contributed by atoms with Crippen molar-refractivity contribution in [2.24, 2.45) is 5.73 Å². The number of nitrogen functional groups attached to an aromatic ring is 1. The molecule has 0 spiro atoms. The molecular weight excluding hydrogens is 426 g/mol. The van der Waals surface area contributed by atoms with Crippen LogP contribution in [0.25, 0.3) is 0 Å². The molecule has 1 aromatic carbocycles. The normalized spacial score (nSPS) is 14.8. The van der Waals surface area contributed by atoms with Gasteiger partial charge in [-0.3, -0.25) is 14.4 Å². The lowest BCUT2D eigenvalue weighted by atomic mass is 10.0. The average Bonchev–Trinajstić information content (AvgIpc) is 3.43. The Hall–Kier alpha value is -2.94. The van der Waals surface area contributed by atoms with Gasteiger partial charge in [0.1, 0.15) is 10.9 Å². The third kappa shape index (κ3) is 5.64. The SMILES string of the molecule is CCCC[C@@H](C(=O)NC1CCCC1)N(Cc1ccccc1)C(=O)c1snc(C(N)=O)c1N. The van der Waals surface area contributed by atoms with Crippen molar-refractivity contribution >= 4 is 34.9 Å². The van der Waals surface area contributed by atoms with E-state index in [2.05, 4.69) is 16.6 Å². The molecule has 2 aromatic rings. The molecule has 1 saturated carbocycles. The van der Waals surface area contributed by atoms with Crippen molar-refractivity contribution < 1.29 is 14.4 Å². The smallest absolute Gasteiger partial charge is 0.270 e. The molecule has 8 nitrogen and oxygen atoms in total. The van der Waals surface area contributed by atoms with E-state index >= 15 is 0 Å². The highest BCUT2D eigenvalue weighted by molar-refractivity contribution is 7.09. The Morgan fingerprint density at radius 1 is 1.22 bits per heavy atom. The Balaban J connectivity index is 1.94. The second-order valence-electron chi connectivity index (χ2n) is 8.20. The van der Waals surface area contributed by atoms with Gasteiger partial charge in [0.2, 0.25) is 5.91 Å². The second kappa shape index (κ2) is 11.1. The van der Waals surface area contributed by atoms with E-state index in [1.807, 2.05) is 30.3 Å². The van der Waals surface area contributed by atoms with Crippen molar-refractivity contribution in [3.8, 4) is 0 Å². The van der Waals surface area contributed by atoms with Crippen molar-refractivity contribution in [1.29, 1.82) is 0 Å². The van der Waals surface area contributed by atoms with E-state index in [-0.39, 0.29) is 34.8 Å². The maximum absolute atomic E-state index is 13.6. The minimum atomic E-state index is -0.783. The van der Waals surface area contributed by atoms with Crippen LogP contribution in [0.1, 0.15) is 77.6 Å². The minimum Gasteiger partial charge on any atom is -0.395 e. The van der Waals surface area contributed by atoms with Crippen LogP contribution in [-0.4, -0.2) is 39.1 Å². The van der Waals surface area contributed by atoms with E-state index in [0.717, 1.165) is 55.6 Å². The molecule has 9 heteroatoms. The second-order valence-corrected chi connectivity index (χ2v) is 8.98. The summed E-state index contributed by atoms with van der Waals surface area (Å²) in [5.41, 5.74) is 12.1. The lowest BCUT2D eigenvalue weighted by Gasteiger charge is -2.32. The van der Waals surface area contributed by atoms with Crippen molar-refractivity contribution in [3.63, 3.8) is 0 Å². The van der Waals surface area contributed by atoms with Gasteiger partial charge in [-0.05, 0) is 36.4 Å². The zero-order valence-corrected chi connectivity index (χ0v) is 19.2. The van der Waals surface area contributed by atoms with Crippen LogP contribution in [0.15, 0.2) is 30.3 Å². The van der Waals surface area contributed by atoms with Crippen molar-refractivity contribution in [1.82, 2.24) is 14.6 Å². The molecule has 1 aromatic heterocycles. The van der Waals surface area contributed by atoms with Gasteiger partial charge >= 0.3 is 0 Å². The van der Waals surface area contributed by atoms with Crippen LogP contribution in [0.3, 0.4) is 0 Å². The number of hydrogen-bond donors (Lipinski definition) is 3. The number of nitrogens with two attached hydrogens (primary N) is 2. The van der Waals surface area contributed by atoms with Gasteiger partial charge in [-0.25, -0.2) is 0 Å². The predicted octanol–water partition coefficient (Wildman–Crippen LogP) is 3.08. The molecule has 1 aliphatic carbocycles. The van der Waals surface area contributed by atoms with Gasteiger partial charge < -0.3 is 21.7 Å². The minimum absolute atomic E-state index is 0.0315. The molecule has 1 aliphatic rings. The number of nitrogens with zero attached hydrogens (tertiary/aromatic N) is 2. The number of benzene rings is 1. The molecule has 0 bridgehead atoms. The zero-order valence-electron chi connectivity index (χ0n) is 18.4. The van der Waals surface area contributed by atoms with E-state index in [9.17, 15) is 14.4 Å².